The molecule has 0 radical (unpaired) electrons. The zero-order valence-corrected chi connectivity index (χ0v) is 23.6. The molecule has 0 spiro atoms. The number of ether oxygens (including phenoxy) is 1. The molecular weight excluding hydrogens is 510 g/mol. The van der Waals surface area contributed by atoms with Gasteiger partial charge in [0, 0.05) is 37.3 Å². The number of sulfonamides is 1. The number of nitrogens with one attached hydrogen (secondary N) is 1. The number of anilines is 2. The van der Waals surface area contributed by atoms with Crippen LogP contribution in [-0.2, 0) is 10.0 Å². The van der Waals surface area contributed by atoms with E-state index in [1.807, 2.05) is 24.3 Å². The van der Waals surface area contributed by atoms with Gasteiger partial charge in [0.05, 0.1) is 23.6 Å². The van der Waals surface area contributed by atoms with Crippen LogP contribution >= 0.6 is 0 Å². The van der Waals surface area contributed by atoms with Crippen molar-refractivity contribution in [2.75, 3.05) is 38.6 Å². The summed E-state index contributed by atoms with van der Waals surface area (Å²) in [6.07, 6.45) is 0. The molecule has 1 aliphatic rings. The molecule has 9 heteroatoms. The average Bonchev–Trinajstić information content (AvgIpc) is 2.97. The van der Waals surface area contributed by atoms with Crippen molar-refractivity contribution in [1.29, 1.82) is 0 Å². The van der Waals surface area contributed by atoms with Gasteiger partial charge in [-0.2, -0.15) is 4.31 Å². The first-order valence-corrected chi connectivity index (χ1v) is 14.7. The maximum atomic E-state index is 13.2. The molecule has 4 aromatic rings. The van der Waals surface area contributed by atoms with Gasteiger partial charge in [-0.3, -0.25) is 4.90 Å². The van der Waals surface area contributed by atoms with Crippen molar-refractivity contribution < 1.29 is 13.2 Å². The second-order valence-electron chi connectivity index (χ2n) is 10.1. The normalized spacial score (nSPS) is 15.9. The second kappa shape index (κ2) is 11.3. The number of fused-ring (bicyclic) bond motifs is 1. The van der Waals surface area contributed by atoms with Crippen LogP contribution in [0.2, 0.25) is 0 Å². The quantitative estimate of drug-likeness (QED) is 0.310. The van der Waals surface area contributed by atoms with Crippen molar-refractivity contribution in [2.45, 2.75) is 37.6 Å². The Morgan fingerprint density at radius 1 is 0.846 bits per heavy atom. The molecular formula is C30H35N5O3S. The zero-order valence-electron chi connectivity index (χ0n) is 22.8. The summed E-state index contributed by atoms with van der Waals surface area (Å²) in [4.78, 5) is 12.4. The van der Waals surface area contributed by atoms with E-state index in [9.17, 15) is 8.42 Å². The van der Waals surface area contributed by atoms with Gasteiger partial charge in [0.2, 0.25) is 10.0 Å². The van der Waals surface area contributed by atoms with Crippen molar-refractivity contribution in [2.24, 2.45) is 0 Å². The fourth-order valence-corrected chi connectivity index (χ4v) is 6.28. The number of piperazine rings is 1. The first-order valence-electron chi connectivity index (χ1n) is 13.3. The molecule has 0 bridgehead atoms. The number of hydrogen-bond donors (Lipinski definition) is 1. The molecule has 5 rings (SSSR count). The van der Waals surface area contributed by atoms with E-state index in [4.69, 9.17) is 14.7 Å². The van der Waals surface area contributed by atoms with Gasteiger partial charge in [-0.05, 0) is 66.9 Å². The molecule has 1 aromatic heterocycles. The Balaban J connectivity index is 1.33. The first kappa shape index (κ1) is 27.1. The predicted octanol–water partition coefficient (Wildman–Crippen LogP) is 5.57. The monoisotopic (exact) mass is 545 g/mol. The Labute approximate surface area is 230 Å². The van der Waals surface area contributed by atoms with Crippen LogP contribution in [0.3, 0.4) is 0 Å². The maximum absolute atomic E-state index is 13.2. The molecule has 1 aliphatic heterocycles. The van der Waals surface area contributed by atoms with Crippen molar-refractivity contribution in [1.82, 2.24) is 19.2 Å². The molecule has 1 atom stereocenters. The van der Waals surface area contributed by atoms with Crippen LogP contribution in [0.5, 0.6) is 5.75 Å². The van der Waals surface area contributed by atoms with E-state index in [-0.39, 0.29) is 10.9 Å². The number of benzene rings is 3. The lowest BCUT2D eigenvalue weighted by Crippen LogP contribution is -2.49. The average molecular weight is 546 g/mol. The second-order valence-corrected chi connectivity index (χ2v) is 12.1. The van der Waals surface area contributed by atoms with E-state index in [1.165, 1.54) is 5.56 Å². The number of hydrogen-bond acceptors (Lipinski definition) is 7. The Morgan fingerprint density at radius 2 is 1.51 bits per heavy atom. The van der Waals surface area contributed by atoms with Crippen molar-refractivity contribution in [3.63, 3.8) is 0 Å². The third kappa shape index (κ3) is 5.75. The molecule has 3 aromatic carbocycles. The van der Waals surface area contributed by atoms with Crippen molar-refractivity contribution in [3.8, 4) is 5.75 Å². The maximum Gasteiger partial charge on any atom is 0.243 e. The van der Waals surface area contributed by atoms with Gasteiger partial charge in [-0.25, -0.2) is 18.4 Å². The number of methoxy groups -OCH3 is 1. The minimum absolute atomic E-state index is 0.0793. The SMILES string of the molecule is COc1ccc(S(=O)(=O)N2CCN([C@@H](C)c3nc(Nc4ccc(C(C)C)cc4)c4ccccc4n3)CC2)cc1. The number of nitrogens with zero attached hydrogens (tertiary/aromatic N) is 4. The summed E-state index contributed by atoms with van der Waals surface area (Å²) in [7, 11) is -2.01. The van der Waals surface area contributed by atoms with Gasteiger partial charge in [0.25, 0.3) is 0 Å². The molecule has 39 heavy (non-hydrogen) atoms. The summed E-state index contributed by atoms with van der Waals surface area (Å²) in [5.41, 5.74) is 3.13. The highest BCUT2D eigenvalue weighted by molar-refractivity contribution is 7.89. The topological polar surface area (TPSA) is 87.7 Å². The summed E-state index contributed by atoms with van der Waals surface area (Å²) < 4.78 is 33.1. The largest absolute Gasteiger partial charge is 0.497 e. The summed E-state index contributed by atoms with van der Waals surface area (Å²) in [5, 5.41) is 4.45. The minimum Gasteiger partial charge on any atom is -0.497 e. The molecule has 2 heterocycles. The van der Waals surface area contributed by atoms with Crippen LogP contribution in [0.25, 0.3) is 10.9 Å². The van der Waals surface area contributed by atoms with Crippen LogP contribution in [0.1, 0.15) is 44.1 Å². The van der Waals surface area contributed by atoms with E-state index in [0.29, 0.717) is 43.7 Å². The standard InChI is InChI=1S/C30H35N5O3S/c1-21(2)23-9-11-24(12-10-23)31-30-27-7-5-6-8-28(27)32-29(33-30)22(3)34-17-19-35(20-18-34)39(36,37)26-15-13-25(38-4)14-16-26/h5-16,21-22H,17-20H2,1-4H3,(H,31,32,33)/t22-/m0/s1. The fraction of sp³-hybridized carbons (Fsp3) is 0.333. The predicted molar refractivity (Wildman–Crippen MR) is 155 cm³/mol. The third-order valence-electron chi connectivity index (χ3n) is 7.35. The molecule has 204 valence electrons. The molecule has 0 saturated carbocycles. The number of para-hydroxylation sites is 1. The first-order chi connectivity index (χ1) is 18.8. The lowest BCUT2D eigenvalue weighted by molar-refractivity contribution is 0.141. The third-order valence-corrected chi connectivity index (χ3v) is 9.27. The van der Waals surface area contributed by atoms with E-state index in [0.717, 1.165) is 22.4 Å². The highest BCUT2D eigenvalue weighted by Gasteiger charge is 2.31. The number of rotatable bonds is 8. The van der Waals surface area contributed by atoms with Crippen LogP contribution in [0.4, 0.5) is 11.5 Å². The van der Waals surface area contributed by atoms with Crippen LogP contribution in [-0.4, -0.2) is 60.9 Å². The molecule has 0 unspecified atom stereocenters. The summed E-state index contributed by atoms with van der Waals surface area (Å²) >= 11 is 0. The fourth-order valence-electron chi connectivity index (χ4n) is 4.86. The molecule has 1 saturated heterocycles. The van der Waals surface area contributed by atoms with Gasteiger partial charge in [0.1, 0.15) is 17.4 Å². The zero-order chi connectivity index (χ0) is 27.6. The van der Waals surface area contributed by atoms with Gasteiger partial charge in [-0.1, -0.05) is 38.1 Å². The van der Waals surface area contributed by atoms with E-state index >= 15 is 0 Å². The van der Waals surface area contributed by atoms with Gasteiger partial charge in [-0.15, -0.1) is 0 Å². The Bertz CT molecular complexity index is 1530. The Kier molecular flexibility index (Phi) is 7.83. The highest BCUT2D eigenvalue weighted by atomic mass is 32.2. The Morgan fingerprint density at radius 3 is 2.15 bits per heavy atom. The van der Waals surface area contributed by atoms with E-state index < -0.39 is 10.0 Å². The highest BCUT2D eigenvalue weighted by Crippen LogP contribution is 2.29. The molecule has 8 nitrogen and oxygen atoms in total. The van der Waals surface area contributed by atoms with E-state index in [2.05, 4.69) is 55.3 Å². The molecule has 1 fully saturated rings. The summed E-state index contributed by atoms with van der Waals surface area (Å²) in [6, 6.07) is 22.9. The van der Waals surface area contributed by atoms with E-state index in [1.54, 1.807) is 35.7 Å². The van der Waals surface area contributed by atoms with Gasteiger partial charge in [0.15, 0.2) is 0 Å². The summed E-state index contributed by atoms with van der Waals surface area (Å²) in [6.45, 7) is 8.43. The van der Waals surface area contributed by atoms with Crippen molar-refractivity contribution >= 4 is 32.4 Å². The van der Waals surface area contributed by atoms with Crippen LogP contribution in [0, 0.1) is 0 Å². The molecule has 1 N–H and O–H groups in total. The minimum atomic E-state index is -3.57. The lowest BCUT2D eigenvalue weighted by Gasteiger charge is -2.36. The summed E-state index contributed by atoms with van der Waals surface area (Å²) in [5.74, 6) is 2.57. The molecule has 0 amide bonds. The van der Waals surface area contributed by atoms with Gasteiger partial charge >= 0.3 is 0 Å². The van der Waals surface area contributed by atoms with Gasteiger partial charge < -0.3 is 10.1 Å². The number of aromatic nitrogens is 2. The smallest absolute Gasteiger partial charge is 0.243 e. The van der Waals surface area contributed by atoms with Crippen LogP contribution < -0.4 is 10.1 Å². The van der Waals surface area contributed by atoms with Crippen LogP contribution in [0.15, 0.2) is 77.7 Å². The Hall–Kier alpha value is -3.53. The van der Waals surface area contributed by atoms with Crippen molar-refractivity contribution in [3.05, 3.63) is 84.2 Å². The molecule has 0 aliphatic carbocycles. The lowest BCUT2D eigenvalue weighted by atomic mass is 10.0.